The van der Waals surface area contributed by atoms with Crippen LogP contribution in [0.15, 0.2) is 53.1 Å². The molecule has 2 aromatic carbocycles. The van der Waals surface area contributed by atoms with Gasteiger partial charge in [0.1, 0.15) is 5.82 Å². The Morgan fingerprint density at radius 3 is 2.48 bits per heavy atom. The molecule has 0 radical (unpaired) electrons. The third-order valence-corrected chi connectivity index (χ3v) is 3.01. The van der Waals surface area contributed by atoms with Crippen LogP contribution in [-0.4, -0.2) is 16.2 Å². The Hall–Kier alpha value is -3.22. The average molecular weight is 312 g/mol. The van der Waals surface area contributed by atoms with Gasteiger partial charge in [0.05, 0.1) is 0 Å². The van der Waals surface area contributed by atoms with Gasteiger partial charge in [-0.1, -0.05) is 11.2 Å². The van der Waals surface area contributed by atoms with Crippen LogP contribution in [-0.2, 0) is 0 Å². The van der Waals surface area contributed by atoms with Crippen LogP contribution >= 0.6 is 0 Å². The van der Waals surface area contributed by atoms with Gasteiger partial charge in [0.2, 0.25) is 11.7 Å². The minimum atomic E-state index is -0.459. The van der Waals surface area contributed by atoms with Crippen LogP contribution < -0.4 is 10.6 Å². The fourth-order valence-corrected chi connectivity index (χ4v) is 1.98. The second-order valence-corrected chi connectivity index (χ2v) is 4.80. The van der Waals surface area contributed by atoms with E-state index < -0.39 is 11.8 Å². The van der Waals surface area contributed by atoms with Gasteiger partial charge in [-0.3, -0.25) is 0 Å². The molecule has 0 spiro atoms. The van der Waals surface area contributed by atoms with Gasteiger partial charge in [0, 0.05) is 23.9 Å². The molecule has 0 saturated heterocycles. The molecular weight excluding hydrogens is 299 g/mol. The number of benzene rings is 2. The van der Waals surface area contributed by atoms with Crippen LogP contribution in [0.25, 0.3) is 11.4 Å². The normalized spacial score (nSPS) is 10.3. The van der Waals surface area contributed by atoms with E-state index in [0.29, 0.717) is 23.1 Å². The standard InChI is InChI=1S/C16H13FN4O2/c1-10-18-15(21-23-10)11-5-7-13(8-6-11)19-16(22)20-14-4-2-3-12(17)9-14/h2-9H,1H3,(H2,19,20,22). The lowest BCUT2D eigenvalue weighted by Crippen LogP contribution is -2.19. The topological polar surface area (TPSA) is 80.0 Å². The lowest BCUT2D eigenvalue weighted by molar-refractivity contribution is 0.262. The zero-order chi connectivity index (χ0) is 16.2. The first-order chi connectivity index (χ1) is 11.1. The first-order valence-corrected chi connectivity index (χ1v) is 6.84. The quantitative estimate of drug-likeness (QED) is 0.770. The Kier molecular flexibility index (Phi) is 4.01. The Bertz CT molecular complexity index is 830. The zero-order valence-electron chi connectivity index (χ0n) is 12.2. The fraction of sp³-hybridized carbons (Fsp3) is 0.0625. The predicted molar refractivity (Wildman–Crippen MR) is 83.5 cm³/mol. The maximum absolute atomic E-state index is 13.1. The van der Waals surface area contributed by atoms with Crippen molar-refractivity contribution in [1.29, 1.82) is 0 Å². The van der Waals surface area contributed by atoms with Crippen molar-refractivity contribution in [1.82, 2.24) is 10.1 Å². The summed E-state index contributed by atoms with van der Waals surface area (Å²) in [6, 6.07) is 12.2. The summed E-state index contributed by atoms with van der Waals surface area (Å²) in [4.78, 5) is 16.0. The van der Waals surface area contributed by atoms with E-state index in [9.17, 15) is 9.18 Å². The summed E-state index contributed by atoms with van der Waals surface area (Å²) in [7, 11) is 0. The molecule has 0 saturated carbocycles. The molecule has 0 aliphatic carbocycles. The minimum Gasteiger partial charge on any atom is -0.339 e. The lowest BCUT2D eigenvalue weighted by atomic mass is 10.2. The molecule has 7 heteroatoms. The summed E-state index contributed by atoms with van der Waals surface area (Å²) in [6.07, 6.45) is 0. The predicted octanol–water partition coefficient (Wildman–Crippen LogP) is 3.83. The summed E-state index contributed by atoms with van der Waals surface area (Å²) >= 11 is 0. The molecule has 2 N–H and O–H groups in total. The number of hydrogen-bond acceptors (Lipinski definition) is 4. The first-order valence-electron chi connectivity index (χ1n) is 6.84. The Labute approximate surface area is 131 Å². The Balaban J connectivity index is 1.65. The van der Waals surface area contributed by atoms with Crippen molar-refractivity contribution < 1.29 is 13.7 Å². The van der Waals surface area contributed by atoms with Crippen LogP contribution in [0.2, 0.25) is 0 Å². The highest BCUT2D eigenvalue weighted by Crippen LogP contribution is 2.19. The number of anilines is 2. The zero-order valence-corrected chi connectivity index (χ0v) is 12.2. The maximum Gasteiger partial charge on any atom is 0.323 e. The van der Waals surface area contributed by atoms with Crippen LogP contribution in [0, 0.1) is 12.7 Å². The number of hydrogen-bond donors (Lipinski definition) is 2. The lowest BCUT2D eigenvalue weighted by Gasteiger charge is -2.08. The summed E-state index contributed by atoms with van der Waals surface area (Å²) < 4.78 is 18.0. The van der Waals surface area contributed by atoms with Crippen molar-refractivity contribution >= 4 is 17.4 Å². The highest BCUT2D eigenvalue weighted by molar-refractivity contribution is 5.99. The maximum atomic E-state index is 13.1. The van der Waals surface area contributed by atoms with Crippen molar-refractivity contribution in [2.75, 3.05) is 10.6 Å². The molecule has 116 valence electrons. The number of halogens is 1. The average Bonchev–Trinajstić information content (AvgIpc) is 2.94. The van der Waals surface area contributed by atoms with E-state index in [-0.39, 0.29) is 0 Å². The van der Waals surface area contributed by atoms with Gasteiger partial charge in [0.25, 0.3) is 0 Å². The summed E-state index contributed by atoms with van der Waals surface area (Å²) in [5.74, 6) is 0.553. The molecule has 1 heterocycles. The van der Waals surface area contributed by atoms with E-state index >= 15 is 0 Å². The minimum absolute atomic E-state index is 0.376. The van der Waals surface area contributed by atoms with Gasteiger partial charge in [-0.2, -0.15) is 4.98 Å². The Morgan fingerprint density at radius 1 is 1.09 bits per heavy atom. The monoisotopic (exact) mass is 312 g/mol. The highest BCUT2D eigenvalue weighted by Gasteiger charge is 2.07. The Morgan fingerprint density at radius 2 is 1.83 bits per heavy atom. The molecule has 0 aliphatic rings. The van der Waals surface area contributed by atoms with Crippen LogP contribution in [0.3, 0.4) is 0 Å². The van der Waals surface area contributed by atoms with E-state index in [4.69, 9.17) is 4.52 Å². The number of aromatic nitrogens is 2. The smallest absolute Gasteiger partial charge is 0.323 e. The van der Waals surface area contributed by atoms with E-state index in [1.807, 2.05) is 0 Å². The van der Waals surface area contributed by atoms with E-state index in [1.54, 1.807) is 37.3 Å². The van der Waals surface area contributed by atoms with E-state index in [1.165, 1.54) is 18.2 Å². The van der Waals surface area contributed by atoms with E-state index in [0.717, 1.165) is 5.56 Å². The molecule has 1 aromatic heterocycles. The number of urea groups is 1. The number of rotatable bonds is 3. The second kappa shape index (κ2) is 6.27. The van der Waals surface area contributed by atoms with Gasteiger partial charge in [0.15, 0.2) is 0 Å². The number of carbonyl (C=O) groups is 1. The van der Waals surface area contributed by atoms with Gasteiger partial charge in [-0.05, 0) is 42.5 Å². The van der Waals surface area contributed by atoms with Gasteiger partial charge in [-0.15, -0.1) is 0 Å². The molecule has 0 unspecified atom stereocenters. The summed E-state index contributed by atoms with van der Waals surface area (Å²) in [5, 5.41) is 9.03. The SMILES string of the molecule is Cc1nc(-c2ccc(NC(=O)Nc3cccc(F)c3)cc2)no1. The summed E-state index contributed by atoms with van der Waals surface area (Å²) in [5.41, 5.74) is 1.74. The van der Waals surface area contributed by atoms with Crippen LogP contribution in [0.4, 0.5) is 20.6 Å². The van der Waals surface area contributed by atoms with Crippen molar-refractivity contribution in [3.63, 3.8) is 0 Å². The van der Waals surface area contributed by atoms with Crippen LogP contribution in [0.5, 0.6) is 0 Å². The number of nitrogens with zero attached hydrogens (tertiary/aromatic N) is 2. The third-order valence-electron chi connectivity index (χ3n) is 3.01. The number of nitrogens with one attached hydrogen (secondary N) is 2. The molecule has 0 fully saturated rings. The fourth-order valence-electron chi connectivity index (χ4n) is 1.98. The highest BCUT2D eigenvalue weighted by atomic mass is 19.1. The number of carbonyl (C=O) groups excluding carboxylic acids is 1. The largest absolute Gasteiger partial charge is 0.339 e. The molecule has 3 aromatic rings. The molecule has 23 heavy (non-hydrogen) atoms. The first kappa shape index (κ1) is 14.7. The molecule has 0 aliphatic heterocycles. The van der Waals surface area contributed by atoms with Crippen molar-refractivity contribution in [3.8, 4) is 11.4 Å². The van der Waals surface area contributed by atoms with E-state index in [2.05, 4.69) is 20.8 Å². The molecule has 6 nitrogen and oxygen atoms in total. The second-order valence-electron chi connectivity index (χ2n) is 4.80. The van der Waals surface area contributed by atoms with Crippen molar-refractivity contribution in [3.05, 3.63) is 60.2 Å². The molecular formula is C16H13FN4O2. The summed E-state index contributed by atoms with van der Waals surface area (Å²) in [6.45, 7) is 1.71. The van der Waals surface area contributed by atoms with Crippen molar-refractivity contribution in [2.45, 2.75) is 6.92 Å². The van der Waals surface area contributed by atoms with Gasteiger partial charge in [-0.25, -0.2) is 9.18 Å². The molecule has 0 atom stereocenters. The van der Waals surface area contributed by atoms with Gasteiger partial charge < -0.3 is 15.2 Å². The van der Waals surface area contributed by atoms with Crippen LogP contribution in [0.1, 0.15) is 5.89 Å². The number of amides is 2. The molecule has 0 bridgehead atoms. The third kappa shape index (κ3) is 3.70. The number of aryl methyl sites for hydroxylation is 1. The van der Waals surface area contributed by atoms with Gasteiger partial charge >= 0.3 is 6.03 Å². The molecule has 2 amide bonds. The van der Waals surface area contributed by atoms with Crippen molar-refractivity contribution in [2.24, 2.45) is 0 Å². The molecule has 3 rings (SSSR count).